The predicted molar refractivity (Wildman–Crippen MR) is 314 cm³/mol. The zero-order valence-electron chi connectivity index (χ0n) is 48.7. The molecule has 7 rings (SSSR count). The van der Waals surface area contributed by atoms with E-state index in [4.69, 9.17) is 0 Å². The van der Waals surface area contributed by atoms with E-state index in [0.717, 1.165) is 89.3 Å². The van der Waals surface area contributed by atoms with Crippen LogP contribution in [0.15, 0.2) is 121 Å². The minimum absolute atomic E-state index is 0.00390. The Morgan fingerprint density at radius 2 is 0.963 bits per heavy atom. The number of amides is 2. The van der Waals surface area contributed by atoms with Gasteiger partial charge in [-0.1, -0.05) is 60.2 Å². The fourth-order valence-electron chi connectivity index (χ4n) is 8.51. The number of halogens is 6. The van der Waals surface area contributed by atoms with Crippen molar-refractivity contribution in [3.63, 3.8) is 0 Å². The number of anilines is 5. The molecular weight excluding hydrogens is 1030 g/mol. The lowest BCUT2D eigenvalue weighted by Gasteiger charge is -2.33. The number of likely N-dealkylation sites (N-methyl/N-ethyl adjacent to an activating group) is 1. The Bertz CT molecular complexity index is 3100. The van der Waals surface area contributed by atoms with Crippen LogP contribution in [-0.4, -0.2) is 77.2 Å². The largest absolute Gasteiger partial charge is 0.416 e. The van der Waals surface area contributed by atoms with Crippen molar-refractivity contribution in [1.29, 1.82) is 0 Å². The summed E-state index contributed by atoms with van der Waals surface area (Å²) in [6.45, 7) is 29.8. The number of hydrogen-bond acceptors (Lipinski definition) is 8. The average molecular weight is 1110 g/mol. The first-order valence-electron chi connectivity index (χ1n) is 26.7. The smallest absolute Gasteiger partial charge is 0.380 e. The summed E-state index contributed by atoms with van der Waals surface area (Å²) in [6.07, 6.45) is -8.52. The highest BCUT2D eigenvalue weighted by Gasteiger charge is 2.35. The van der Waals surface area contributed by atoms with Gasteiger partial charge in [0.05, 0.1) is 11.1 Å². The standard InChI is InChI=1S/C25H33F3N4O.C20H25NO.C19H21F3N2O/c1-17-6-7-18(14-22(17)30-24(2,3)4)23(33)29-20-9-8-19(21(15-20)25(26,27)28)16-32-12-10-31(5)11-13-32;1-14-7-6-8-17(11-14)19(22)13-16-10-9-15(2)18(12-16)21-20(3,4)5;1-12-8-9-13(10-16(12)24-18(2,3)4)17(25)23-15-7-5-6-14(11-15)19(20,21)22/h6-9,14-15,30H,10-13,16H2,1-5H3,(H,29,33);6-12,21H,13H2,1-5H3;5-11,24H,1-4H3,(H,23,25). The van der Waals surface area contributed by atoms with E-state index < -0.39 is 35.3 Å². The van der Waals surface area contributed by atoms with Gasteiger partial charge in [0.1, 0.15) is 0 Å². The molecule has 1 aliphatic rings. The molecule has 0 aliphatic carbocycles. The first-order valence-corrected chi connectivity index (χ1v) is 26.7. The van der Waals surface area contributed by atoms with Crippen molar-refractivity contribution in [3.8, 4) is 0 Å². The number of alkyl halides is 6. The highest BCUT2D eigenvalue weighted by Crippen LogP contribution is 2.36. The number of aryl methyl sites for hydroxylation is 4. The molecule has 5 N–H and O–H groups in total. The zero-order valence-corrected chi connectivity index (χ0v) is 48.7. The van der Waals surface area contributed by atoms with Gasteiger partial charge in [-0.05, 0) is 192 Å². The molecule has 0 aromatic heterocycles. The van der Waals surface area contributed by atoms with E-state index in [1.165, 1.54) is 23.8 Å². The number of piperazine rings is 1. The number of carbonyl (C=O) groups is 3. The topological polar surface area (TPSA) is 118 Å². The monoisotopic (exact) mass is 1110 g/mol. The third kappa shape index (κ3) is 20.5. The van der Waals surface area contributed by atoms with E-state index in [9.17, 15) is 40.7 Å². The quantitative estimate of drug-likeness (QED) is 0.0608. The molecule has 6 aromatic rings. The van der Waals surface area contributed by atoms with Crippen LogP contribution in [0.25, 0.3) is 0 Å². The van der Waals surface area contributed by atoms with Gasteiger partial charge in [0, 0.05) is 101 Å². The minimum Gasteiger partial charge on any atom is -0.380 e. The molecule has 10 nitrogen and oxygen atoms in total. The van der Waals surface area contributed by atoms with Crippen LogP contribution in [0, 0.1) is 27.7 Å². The third-order valence-corrected chi connectivity index (χ3v) is 12.6. The lowest BCUT2D eigenvalue weighted by atomic mass is 9.99. The molecule has 1 saturated heterocycles. The number of ketones is 1. The maximum atomic E-state index is 13.8. The SMILES string of the molecule is Cc1ccc(C(=O)Nc2ccc(CN3CCN(C)CC3)c(C(F)(F)F)c2)cc1NC(C)(C)C.Cc1ccc(C(=O)Nc2cccc(C(F)(F)F)c2)cc1NC(C)(C)C.Cc1cccc(C(=O)Cc2ccc(C)c(NC(C)(C)C)c2)c1. The van der Waals surface area contributed by atoms with Gasteiger partial charge < -0.3 is 31.5 Å². The molecule has 2 amide bonds. The summed E-state index contributed by atoms with van der Waals surface area (Å²) in [4.78, 5) is 41.8. The second-order valence-electron chi connectivity index (χ2n) is 23.7. The van der Waals surface area contributed by atoms with Crippen LogP contribution in [0.3, 0.4) is 0 Å². The number of nitrogens with zero attached hydrogens (tertiary/aromatic N) is 2. The number of nitrogens with one attached hydrogen (secondary N) is 5. The van der Waals surface area contributed by atoms with E-state index in [2.05, 4.69) is 71.3 Å². The van der Waals surface area contributed by atoms with Gasteiger partial charge in [0.2, 0.25) is 0 Å². The first-order chi connectivity index (χ1) is 37.0. The average Bonchev–Trinajstić information content (AvgIpc) is 3.34. The number of Topliss-reactive ketones (excluding diaryl/α,β-unsaturated/α-hetero) is 1. The van der Waals surface area contributed by atoms with Gasteiger partial charge in [-0.3, -0.25) is 19.3 Å². The van der Waals surface area contributed by atoms with Crippen molar-refractivity contribution in [2.45, 2.75) is 132 Å². The Balaban J connectivity index is 0.000000226. The van der Waals surface area contributed by atoms with E-state index >= 15 is 0 Å². The summed E-state index contributed by atoms with van der Waals surface area (Å²) in [6, 6.07) is 33.0. The predicted octanol–water partition coefficient (Wildman–Crippen LogP) is 15.6. The Labute approximate surface area is 469 Å². The fourth-order valence-corrected chi connectivity index (χ4v) is 8.51. The lowest BCUT2D eigenvalue weighted by molar-refractivity contribution is -0.139. The summed E-state index contributed by atoms with van der Waals surface area (Å²) in [7, 11) is 2.01. The summed E-state index contributed by atoms with van der Waals surface area (Å²) in [5.74, 6) is -0.752. The van der Waals surface area contributed by atoms with Gasteiger partial charge in [-0.2, -0.15) is 26.3 Å². The number of hydrogen-bond donors (Lipinski definition) is 5. The van der Waals surface area contributed by atoms with Crippen molar-refractivity contribution >= 4 is 46.0 Å². The molecule has 0 unspecified atom stereocenters. The highest BCUT2D eigenvalue weighted by molar-refractivity contribution is 6.06. The van der Waals surface area contributed by atoms with E-state index in [1.807, 2.05) is 111 Å². The molecule has 0 saturated carbocycles. The minimum atomic E-state index is -4.50. The van der Waals surface area contributed by atoms with Crippen molar-refractivity contribution in [2.24, 2.45) is 0 Å². The summed E-state index contributed by atoms with van der Waals surface area (Å²) < 4.78 is 79.7. The molecule has 1 fully saturated rings. The molecule has 430 valence electrons. The van der Waals surface area contributed by atoms with Gasteiger partial charge >= 0.3 is 12.4 Å². The van der Waals surface area contributed by atoms with Crippen LogP contribution in [0.2, 0.25) is 0 Å². The van der Waals surface area contributed by atoms with E-state index in [1.54, 1.807) is 36.4 Å². The Morgan fingerprint density at radius 1 is 0.487 bits per heavy atom. The normalized spacial score (nSPS) is 13.4. The Morgan fingerprint density at radius 3 is 1.44 bits per heavy atom. The third-order valence-electron chi connectivity index (χ3n) is 12.6. The molecule has 0 atom stereocenters. The van der Waals surface area contributed by atoms with Crippen LogP contribution in [0.1, 0.15) is 138 Å². The molecule has 0 radical (unpaired) electrons. The van der Waals surface area contributed by atoms with Crippen LogP contribution < -0.4 is 26.6 Å². The van der Waals surface area contributed by atoms with Crippen LogP contribution in [-0.2, 0) is 25.3 Å². The maximum absolute atomic E-state index is 13.8. The van der Waals surface area contributed by atoms with Gasteiger partial charge in [-0.15, -0.1) is 0 Å². The highest BCUT2D eigenvalue weighted by atomic mass is 19.4. The number of rotatable bonds is 12. The van der Waals surface area contributed by atoms with Gasteiger partial charge in [0.15, 0.2) is 5.78 Å². The van der Waals surface area contributed by atoms with E-state index in [-0.39, 0.29) is 45.9 Å². The van der Waals surface area contributed by atoms with Crippen LogP contribution in [0.4, 0.5) is 54.8 Å². The van der Waals surface area contributed by atoms with Gasteiger partial charge in [-0.25, -0.2) is 0 Å². The molecule has 0 bridgehead atoms. The molecule has 0 spiro atoms. The Kier molecular flexibility index (Phi) is 21.0. The Hall–Kier alpha value is -7.17. The second-order valence-corrected chi connectivity index (χ2v) is 23.7. The molecule has 16 heteroatoms. The maximum Gasteiger partial charge on any atom is 0.416 e. The van der Waals surface area contributed by atoms with Crippen molar-refractivity contribution in [1.82, 2.24) is 9.80 Å². The summed E-state index contributed by atoms with van der Waals surface area (Å²) in [5, 5.41) is 15.3. The van der Waals surface area contributed by atoms with Gasteiger partial charge in [0.25, 0.3) is 11.8 Å². The molecular formula is C64H79F6N7O3. The molecule has 80 heavy (non-hydrogen) atoms. The second kappa shape index (κ2) is 26.4. The number of benzene rings is 6. The van der Waals surface area contributed by atoms with Crippen molar-refractivity contribution in [2.75, 3.05) is 59.8 Å². The summed E-state index contributed by atoms with van der Waals surface area (Å²) in [5.41, 5.74) is 8.13. The molecule has 6 aromatic carbocycles. The number of carbonyl (C=O) groups excluding carboxylic acids is 3. The van der Waals surface area contributed by atoms with Crippen LogP contribution in [0.5, 0.6) is 0 Å². The van der Waals surface area contributed by atoms with Crippen LogP contribution >= 0.6 is 0 Å². The van der Waals surface area contributed by atoms with Crippen molar-refractivity contribution in [3.05, 3.63) is 183 Å². The zero-order chi connectivity index (χ0) is 59.5. The molecule has 1 heterocycles. The summed E-state index contributed by atoms with van der Waals surface area (Å²) >= 11 is 0. The molecule has 1 aliphatic heterocycles. The van der Waals surface area contributed by atoms with Crippen molar-refractivity contribution < 1.29 is 40.7 Å². The fraction of sp³-hybridized carbons (Fsp3) is 0.391. The lowest BCUT2D eigenvalue weighted by Crippen LogP contribution is -2.44. The van der Waals surface area contributed by atoms with E-state index in [0.29, 0.717) is 17.5 Å². The first kappa shape index (κ1) is 63.7.